The topological polar surface area (TPSA) is 151 Å². The van der Waals surface area contributed by atoms with E-state index in [1.807, 2.05) is 12.2 Å². The van der Waals surface area contributed by atoms with Gasteiger partial charge in [0.2, 0.25) is 17.7 Å². The Hall–Kier alpha value is -3.20. The summed E-state index contributed by atoms with van der Waals surface area (Å²) < 4.78 is 0. The summed E-state index contributed by atoms with van der Waals surface area (Å²) in [6.07, 6.45) is 12.8. The van der Waals surface area contributed by atoms with Crippen LogP contribution in [0.25, 0.3) is 0 Å². The highest BCUT2D eigenvalue weighted by molar-refractivity contribution is 5.92. The fourth-order valence-corrected chi connectivity index (χ4v) is 3.41. The Labute approximate surface area is 181 Å². The number of nitrogens with two attached hydrogens (primary N) is 1. The van der Waals surface area contributed by atoms with Crippen LogP contribution in [0.3, 0.4) is 0 Å². The molecule has 0 aliphatic heterocycles. The minimum absolute atomic E-state index is 0.0398. The summed E-state index contributed by atoms with van der Waals surface area (Å²) in [5.41, 5.74) is 7.42. The number of carbonyl (C=O) groups excluding carboxylic acids is 3. The molecule has 6 N–H and O–H groups in total. The van der Waals surface area contributed by atoms with E-state index in [1.165, 1.54) is 19.9 Å². The van der Waals surface area contributed by atoms with E-state index in [0.29, 0.717) is 19.3 Å². The SMILES string of the molecule is CC(=O)N[C@@H]1C=C/C(=C\[C@H](NC(=O)[C@H](/C=C2/C=C[C@H](N)CC2)NC(C)=O)C(=O)O)CC1. The summed E-state index contributed by atoms with van der Waals surface area (Å²) in [6, 6.07) is -2.39. The molecule has 0 aromatic heterocycles. The van der Waals surface area contributed by atoms with Crippen molar-refractivity contribution in [2.75, 3.05) is 0 Å². The second-order valence-electron chi connectivity index (χ2n) is 7.75. The number of carboxylic acids is 1. The number of carbonyl (C=O) groups is 4. The summed E-state index contributed by atoms with van der Waals surface area (Å²) >= 11 is 0. The molecule has 0 aromatic carbocycles. The predicted molar refractivity (Wildman–Crippen MR) is 116 cm³/mol. The van der Waals surface area contributed by atoms with Gasteiger partial charge in [0, 0.05) is 25.9 Å². The Morgan fingerprint density at radius 3 is 2.06 bits per heavy atom. The van der Waals surface area contributed by atoms with E-state index in [4.69, 9.17) is 5.73 Å². The average Bonchev–Trinajstić information content (AvgIpc) is 2.69. The van der Waals surface area contributed by atoms with Gasteiger partial charge in [-0.3, -0.25) is 14.4 Å². The molecule has 31 heavy (non-hydrogen) atoms. The standard InChI is InChI=1S/C22H30N4O5/c1-13(27)24-18-9-5-16(6-10-18)12-20(22(30)31)26-21(29)19(25-14(2)28)11-15-3-7-17(23)8-4-15/h3,5,7,9,11-12,17-20H,4,6,8,10,23H2,1-2H3,(H,24,27)(H,25,28)(H,26,29)(H,30,31)/b15-11-,16-12+/t17-,18+,19-,20-/m0/s1. The molecular weight excluding hydrogens is 400 g/mol. The molecule has 3 amide bonds. The van der Waals surface area contributed by atoms with E-state index in [9.17, 15) is 24.3 Å². The zero-order valence-electron chi connectivity index (χ0n) is 17.8. The van der Waals surface area contributed by atoms with Gasteiger partial charge in [0.15, 0.2) is 0 Å². The maximum absolute atomic E-state index is 12.8. The van der Waals surface area contributed by atoms with Gasteiger partial charge in [-0.05, 0) is 49.0 Å². The fourth-order valence-electron chi connectivity index (χ4n) is 3.41. The van der Waals surface area contributed by atoms with Gasteiger partial charge >= 0.3 is 5.97 Å². The molecule has 0 saturated heterocycles. The minimum Gasteiger partial charge on any atom is -0.479 e. The number of hydrogen-bond acceptors (Lipinski definition) is 5. The van der Waals surface area contributed by atoms with E-state index in [1.54, 1.807) is 18.2 Å². The van der Waals surface area contributed by atoms with E-state index < -0.39 is 29.9 Å². The van der Waals surface area contributed by atoms with Crippen LogP contribution in [-0.4, -0.2) is 53.0 Å². The molecule has 0 saturated carbocycles. The predicted octanol–water partition coefficient (Wildman–Crippen LogP) is 0.445. The van der Waals surface area contributed by atoms with E-state index >= 15 is 0 Å². The third kappa shape index (κ3) is 8.21. The van der Waals surface area contributed by atoms with Crippen molar-refractivity contribution in [3.8, 4) is 0 Å². The quantitative estimate of drug-likeness (QED) is 0.396. The lowest BCUT2D eigenvalue weighted by molar-refractivity contribution is -0.140. The molecule has 9 heteroatoms. The number of carboxylic acid groups (broad SMARTS) is 1. The van der Waals surface area contributed by atoms with E-state index in [-0.39, 0.29) is 18.0 Å². The Kier molecular flexibility index (Phi) is 8.75. The van der Waals surface area contributed by atoms with Crippen molar-refractivity contribution < 1.29 is 24.3 Å². The molecule has 0 spiro atoms. The normalized spacial score (nSPS) is 25.0. The lowest BCUT2D eigenvalue weighted by Crippen LogP contribution is -2.50. The summed E-state index contributed by atoms with van der Waals surface area (Å²) in [4.78, 5) is 47.2. The summed E-state index contributed by atoms with van der Waals surface area (Å²) in [5, 5.41) is 17.4. The van der Waals surface area contributed by atoms with Gasteiger partial charge in [-0.15, -0.1) is 0 Å². The number of allylic oxidation sites excluding steroid dienone is 4. The molecule has 2 aliphatic carbocycles. The Bertz CT molecular complexity index is 843. The molecule has 4 atom stereocenters. The van der Waals surface area contributed by atoms with Crippen LogP contribution in [0.4, 0.5) is 0 Å². The highest BCUT2D eigenvalue weighted by Crippen LogP contribution is 2.18. The maximum Gasteiger partial charge on any atom is 0.330 e. The van der Waals surface area contributed by atoms with Crippen LogP contribution in [0.2, 0.25) is 0 Å². The van der Waals surface area contributed by atoms with Crippen LogP contribution in [-0.2, 0) is 19.2 Å². The molecule has 0 heterocycles. The average molecular weight is 431 g/mol. The second kappa shape index (κ2) is 11.3. The lowest BCUT2D eigenvalue weighted by Gasteiger charge is -2.22. The minimum atomic E-state index is -1.26. The van der Waals surface area contributed by atoms with Crippen LogP contribution >= 0.6 is 0 Å². The van der Waals surface area contributed by atoms with Crippen LogP contribution in [0.1, 0.15) is 39.5 Å². The van der Waals surface area contributed by atoms with Gasteiger partial charge in [-0.2, -0.15) is 0 Å². The van der Waals surface area contributed by atoms with E-state index in [0.717, 1.165) is 17.6 Å². The van der Waals surface area contributed by atoms with Gasteiger partial charge in [0.25, 0.3) is 0 Å². The van der Waals surface area contributed by atoms with Crippen molar-refractivity contribution in [2.24, 2.45) is 5.73 Å². The molecule has 0 aromatic rings. The monoisotopic (exact) mass is 430 g/mol. The Morgan fingerprint density at radius 1 is 0.968 bits per heavy atom. The van der Waals surface area contributed by atoms with Crippen LogP contribution in [0.5, 0.6) is 0 Å². The van der Waals surface area contributed by atoms with E-state index in [2.05, 4.69) is 16.0 Å². The highest BCUT2D eigenvalue weighted by atomic mass is 16.4. The number of aliphatic carboxylic acids is 1. The first kappa shape index (κ1) is 24.1. The van der Waals surface area contributed by atoms with Crippen molar-refractivity contribution >= 4 is 23.7 Å². The van der Waals surface area contributed by atoms with Gasteiger partial charge in [-0.25, -0.2) is 4.79 Å². The summed E-state index contributed by atoms with van der Waals surface area (Å²) in [6.45, 7) is 2.73. The third-order valence-corrected chi connectivity index (χ3v) is 4.97. The summed E-state index contributed by atoms with van der Waals surface area (Å²) in [5.74, 6) is -2.37. The second-order valence-corrected chi connectivity index (χ2v) is 7.75. The van der Waals surface area contributed by atoms with Crippen LogP contribution in [0.15, 0.2) is 47.6 Å². The fraction of sp³-hybridized carbons (Fsp3) is 0.455. The summed E-state index contributed by atoms with van der Waals surface area (Å²) in [7, 11) is 0. The zero-order valence-corrected chi connectivity index (χ0v) is 17.8. The van der Waals surface area contributed by atoms with Crippen LogP contribution in [0, 0.1) is 0 Å². The van der Waals surface area contributed by atoms with Gasteiger partial charge in [-0.1, -0.05) is 24.3 Å². The van der Waals surface area contributed by atoms with Gasteiger partial charge < -0.3 is 26.8 Å². The molecule has 2 rings (SSSR count). The Morgan fingerprint density at radius 2 is 1.58 bits per heavy atom. The molecule has 0 bridgehead atoms. The smallest absolute Gasteiger partial charge is 0.330 e. The van der Waals surface area contributed by atoms with Crippen molar-refractivity contribution in [3.05, 3.63) is 47.6 Å². The number of rotatable bonds is 7. The number of hydrogen-bond donors (Lipinski definition) is 5. The first-order valence-corrected chi connectivity index (χ1v) is 10.2. The molecule has 9 nitrogen and oxygen atoms in total. The van der Waals surface area contributed by atoms with Crippen LogP contribution < -0.4 is 21.7 Å². The molecule has 0 unspecified atom stereocenters. The number of amides is 3. The molecular formula is C22H30N4O5. The molecule has 0 fully saturated rings. The van der Waals surface area contributed by atoms with Gasteiger partial charge in [0.05, 0.1) is 0 Å². The van der Waals surface area contributed by atoms with Crippen molar-refractivity contribution in [3.63, 3.8) is 0 Å². The first-order chi connectivity index (χ1) is 14.6. The van der Waals surface area contributed by atoms with Gasteiger partial charge in [0.1, 0.15) is 12.1 Å². The van der Waals surface area contributed by atoms with Crippen molar-refractivity contribution in [2.45, 2.75) is 63.7 Å². The molecule has 0 radical (unpaired) electrons. The molecule has 168 valence electrons. The van der Waals surface area contributed by atoms with Crippen molar-refractivity contribution in [1.29, 1.82) is 0 Å². The molecule has 2 aliphatic rings. The zero-order chi connectivity index (χ0) is 23.0. The third-order valence-electron chi connectivity index (χ3n) is 4.97. The number of nitrogens with one attached hydrogen (secondary N) is 3. The lowest BCUT2D eigenvalue weighted by atomic mass is 9.96. The maximum atomic E-state index is 12.8. The first-order valence-electron chi connectivity index (χ1n) is 10.2. The van der Waals surface area contributed by atoms with Crippen molar-refractivity contribution in [1.82, 2.24) is 16.0 Å². The largest absolute Gasteiger partial charge is 0.479 e. The Balaban J connectivity index is 2.12. The highest BCUT2D eigenvalue weighted by Gasteiger charge is 2.25.